The zero-order chi connectivity index (χ0) is 9.28. The van der Waals surface area contributed by atoms with Gasteiger partial charge < -0.3 is 4.98 Å². The Kier molecular flexibility index (Phi) is 3.02. The molecule has 66 valence electrons. The standard InChI is InChI=1S/C5H10ClF2NOSi/c1-11(2,3)9-4(10)5(6,7)8/h1-3H3,(H,9,10). The summed E-state index contributed by atoms with van der Waals surface area (Å²) in [6, 6.07) is 0. The molecule has 0 aromatic heterocycles. The van der Waals surface area contributed by atoms with E-state index in [-0.39, 0.29) is 0 Å². The maximum atomic E-state index is 12.0. The van der Waals surface area contributed by atoms with E-state index in [1.54, 1.807) is 19.6 Å². The van der Waals surface area contributed by atoms with E-state index in [4.69, 9.17) is 0 Å². The molecular formula is C5H10ClF2NOSi. The first kappa shape index (κ1) is 10.8. The van der Waals surface area contributed by atoms with Crippen LogP contribution in [0.25, 0.3) is 0 Å². The normalized spacial score (nSPS) is 12.9. The second-order valence-corrected chi connectivity index (χ2v) is 8.43. The van der Waals surface area contributed by atoms with Crippen molar-refractivity contribution in [1.82, 2.24) is 4.98 Å². The van der Waals surface area contributed by atoms with Gasteiger partial charge in [0.05, 0.1) is 0 Å². The highest BCUT2D eigenvalue weighted by Gasteiger charge is 2.37. The molecule has 0 rings (SSSR count). The minimum atomic E-state index is -3.78. The molecule has 0 heterocycles. The molecule has 1 amide bonds. The number of amides is 1. The third kappa shape index (κ3) is 5.14. The van der Waals surface area contributed by atoms with Crippen LogP contribution in [-0.4, -0.2) is 19.5 Å². The molecule has 0 radical (unpaired) electrons. The summed E-state index contributed by atoms with van der Waals surface area (Å²) in [5, 5.41) is -3.78. The highest BCUT2D eigenvalue weighted by molar-refractivity contribution is 6.76. The first-order valence-corrected chi connectivity index (χ1v) is 6.90. The Morgan fingerprint density at radius 3 is 1.91 bits per heavy atom. The number of carbonyl (C=O) groups excluding carboxylic acids is 1. The van der Waals surface area contributed by atoms with Gasteiger partial charge in [0.25, 0.3) is 5.91 Å². The van der Waals surface area contributed by atoms with Crippen LogP contribution in [0.4, 0.5) is 8.78 Å². The van der Waals surface area contributed by atoms with Crippen LogP contribution in [0.2, 0.25) is 19.6 Å². The summed E-state index contributed by atoms with van der Waals surface area (Å²) < 4.78 is 24.0. The molecule has 6 heteroatoms. The molecule has 0 aliphatic rings. The molecule has 0 spiro atoms. The van der Waals surface area contributed by atoms with Crippen LogP contribution in [0.1, 0.15) is 0 Å². The topological polar surface area (TPSA) is 29.1 Å². The van der Waals surface area contributed by atoms with Crippen molar-refractivity contribution in [3.05, 3.63) is 0 Å². The summed E-state index contributed by atoms with van der Waals surface area (Å²) >= 11 is 4.47. The van der Waals surface area contributed by atoms with Gasteiger partial charge >= 0.3 is 5.38 Å². The van der Waals surface area contributed by atoms with E-state index in [2.05, 4.69) is 16.6 Å². The van der Waals surface area contributed by atoms with E-state index in [1.165, 1.54) is 0 Å². The number of halogens is 3. The third-order valence-electron chi connectivity index (χ3n) is 0.746. The van der Waals surface area contributed by atoms with Crippen LogP contribution in [0.3, 0.4) is 0 Å². The van der Waals surface area contributed by atoms with Gasteiger partial charge in [-0.2, -0.15) is 8.78 Å². The molecule has 0 aliphatic heterocycles. The number of hydrogen-bond acceptors (Lipinski definition) is 1. The number of alkyl halides is 3. The molecule has 0 saturated heterocycles. The molecular weight excluding hydrogens is 192 g/mol. The number of carbonyl (C=O) groups is 1. The minimum absolute atomic E-state index is 1.40. The zero-order valence-corrected chi connectivity index (χ0v) is 8.30. The first-order chi connectivity index (χ1) is 4.63. The lowest BCUT2D eigenvalue weighted by molar-refractivity contribution is -0.133. The van der Waals surface area contributed by atoms with Crippen molar-refractivity contribution >= 4 is 25.7 Å². The van der Waals surface area contributed by atoms with Gasteiger partial charge in [-0.05, 0) is 11.6 Å². The molecule has 0 saturated carbocycles. The maximum absolute atomic E-state index is 12.0. The van der Waals surface area contributed by atoms with Gasteiger partial charge in [0.2, 0.25) is 0 Å². The van der Waals surface area contributed by atoms with Crippen molar-refractivity contribution in [3.8, 4) is 0 Å². The number of rotatable bonds is 2. The molecule has 0 bridgehead atoms. The molecule has 0 aliphatic carbocycles. The average molecular weight is 202 g/mol. The highest BCUT2D eigenvalue weighted by Crippen LogP contribution is 2.19. The third-order valence-corrected chi connectivity index (χ3v) is 1.89. The van der Waals surface area contributed by atoms with E-state index in [0.29, 0.717) is 0 Å². The Morgan fingerprint density at radius 2 is 1.82 bits per heavy atom. The van der Waals surface area contributed by atoms with Gasteiger partial charge in [-0.3, -0.25) is 4.79 Å². The van der Waals surface area contributed by atoms with Gasteiger partial charge in [-0.25, -0.2) is 0 Å². The summed E-state index contributed by atoms with van der Waals surface area (Å²) in [7, 11) is -1.99. The molecule has 0 aromatic rings. The van der Waals surface area contributed by atoms with Crippen molar-refractivity contribution in [2.24, 2.45) is 0 Å². The predicted octanol–water partition coefficient (Wildman–Crippen LogP) is 1.77. The lowest BCUT2D eigenvalue weighted by Crippen LogP contribution is -2.50. The van der Waals surface area contributed by atoms with Crippen molar-refractivity contribution < 1.29 is 13.6 Å². The summed E-state index contributed by atoms with van der Waals surface area (Å²) in [5.41, 5.74) is 0. The van der Waals surface area contributed by atoms with Crippen molar-refractivity contribution in [3.63, 3.8) is 0 Å². The molecule has 0 aromatic carbocycles. The van der Waals surface area contributed by atoms with E-state index in [0.717, 1.165) is 0 Å². The number of hydrogen-bond donors (Lipinski definition) is 1. The summed E-state index contributed by atoms with van der Waals surface area (Å²) in [6.07, 6.45) is 0. The Labute approximate surface area is 70.0 Å². The van der Waals surface area contributed by atoms with E-state index >= 15 is 0 Å². The Morgan fingerprint density at radius 1 is 1.45 bits per heavy atom. The smallest absolute Gasteiger partial charge is 0.376 e. The van der Waals surface area contributed by atoms with Crippen LogP contribution >= 0.6 is 11.6 Å². The summed E-state index contributed by atoms with van der Waals surface area (Å²) in [6.45, 7) is 5.19. The van der Waals surface area contributed by atoms with Crippen molar-refractivity contribution in [2.75, 3.05) is 0 Å². The van der Waals surface area contributed by atoms with Gasteiger partial charge in [-0.1, -0.05) is 19.6 Å². The SMILES string of the molecule is C[Si](C)(C)NC(=O)C(F)(F)Cl. The van der Waals surface area contributed by atoms with E-state index < -0.39 is 19.5 Å². The Balaban J connectivity index is 4.11. The Bertz CT molecular complexity index is 163. The maximum Gasteiger partial charge on any atom is 0.398 e. The second kappa shape index (κ2) is 3.06. The van der Waals surface area contributed by atoms with Crippen LogP contribution in [0, 0.1) is 0 Å². The predicted molar refractivity (Wildman–Crippen MR) is 42.3 cm³/mol. The quantitative estimate of drug-likeness (QED) is 0.536. The minimum Gasteiger partial charge on any atom is -0.376 e. The summed E-state index contributed by atoms with van der Waals surface area (Å²) in [5.74, 6) is -1.40. The lowest BCUT2D eigenvalue weighted by Gasteiger charge is -2.19. The van der Waals surface area contributed by atoms with Crippen LogP contribution < -0.4 is 4.98 Å². The molecule has 0 atom stereocenters. The molecule has 0 unspecified atom stereocenters. The van der Waals surface area contributed by atoms with Gasteiger partial charge in [0, 0.05) is 0 Å². The van der Waals surface area contributed by atoms with E-state index in [1.807, 2.05) is 0 Å². The Hall–Kier alpha value is -0.163. The van der Waals surface area contributed by atoms with Crippen LogP contribution in [0.15, 0.2) is 0 Å². The van der Waals surface area contributed by atoms with Crippen LogP contribution in [0.5, 0.6) is 0 Å². The molecule has 1 N–H and O–H groups in total. The largest absolute Gasteiger partial charge is 0.398 e. The zero-order valence-electron chi connectivity index (χ0n) is 6.54. The summed E-state index contributed by atoms with van der Waals surface area (Å²) in [4.78, 5) is 12.7. The lowest BCUT2D eigenvalue weighted by atomic mass is 10.7. The number of nitrogens with one attached hydrogen (secondary N) is 1. The highest BCUT2D eigenvalue weighted by atomic mass is 35.5. The average Bonchev–Trinajstić information content (AvgIpc) is 1.56. The monoisotopic (exact) mass is 201 g/mol. The fourth-order valence-corrected chi connectivity index (χ4v) is 1.38. The fourth-order valence-electron chi connectivity index (χ4n) is 0.411. The van der Waals surface area contributed by atoms with Gasteiger partial charge in [0.1, 0.15) is 8.24 Å². The molecule has 0 fully saturated rings. The first-order valence-electron chi connectivity index (χ1n) is 3.02. The molecule has 2 nitrogen and oxygen atoms in total. The van der Waals surface area contributed by atoms with Gasteiger partial charge in [0.15, 0.2) is 0 Å². The fraction of sp³-hybridized carbons (Fsp3) is 0.800. The van der Waals surface area contributed by atoms with Crippen molar-refractivity contribution in [1.29, 1.82) is 0 Å². The molecule has 11 heavy (non-hydrogen) atoms. The van der Waals surface area contributed by atoms with Crippen molar-refractivity contribution in [2.45, 2.75) is 25.0 Å². The van der Waals surface area contributed by atoms with Crippen LogP contribution in [-0.2, 0) is 4.79 Å². The second-order valence-electron chi connectivity index (χ2n) is 3.20. The van der Waals surface area contributed by atoms with E-state index in [9.17, 15) is 13.6 Å². The van der Waals surface area contributed by atoms with Gasteiger partial charge in [-0.15, -0.1) is 0 Å².